The number of amides is 1. The van der Waals surface area contributed by atoms with Crippen molar-refractivity contribution in [1.82, 2.24) is 5.32 Å². The van der Waals surface area contributed by atoms with Crippen molar-refractivity contribution in [2.45, 2.75) is 63.5 Å². The van der Waals surface area contributed by atoms with Gasteiger partial charge in [0.15, 0.2) is 6.10 Å². The van der Waals surface area contributed by atoms with Crippen molar-refractivity contribution in [1.29, 1.82) is 0 Å². The van der Waals surface area contributed by atoms with Gasteiger partial charge in [-0.3, -0.25) is 9.10 Å². The first-order valence-electron chi connectivity index (χ1n) is 13.3. The number of hydrogen-bond acceptors (Lipinski definition) is 6. The third-order valence-corrected chi connectivity index (χ3v) is 8.97. The summed E-state index contributed by atoms with van der Waals surface area (Å²) in [5.74, 6) is 1.27. The van der Waals surface area contributed by atoms with Gasteiger partial charge in [0.1, 0.15) is 17.2 Å². The van der Waals surface area contributed by atoms with Gasteiger partial charge in [-0.25, -0.2) is 8.42 Å². The Morgan fingerprint density at radius 2 is 1.75 bits per heavy atom. The number of ether oxygens (including phenoxy) is 3. The number of anilines is 1. The molecule has 0 fully saturated rings. The SMILES string of the molecule is CCC(NC(=O)C1CN(S(=O)(=O)c2ccc(OC)cc2)c2cc(C(C)(C)C)ccc2O1)c1ccc(OC)c(C)c1. The van der Waals surface area contributed by atoms with E-state index in [2.05, 4.69) is 26.1 Å². The van der Waals surface area contributed by atoms with E-state index in [1.807, 2.05) is 44.2 Å². The molecule has 0 aliphatic carbocycles. The fourth-order valence-corrected chi connectivity index (χ4v) is 6.23. The summed E-state index contributed by atoms with van der Waals surface area (Å²) >= 11 is 0. The number of nitrogens with one attached hydrogen (secondary N) is 1. The lowest BCUT2D eigenvalue weighted by molar-refractivity contribution is -0.128. The molecule has 2 atom stereocenters. The third-order valence-electron chi connectivity index (χ3n) is 7.18. The molecule has 1 amide bonds. The van der Waals surface area contributed by atoms with Crippen molar-refractivity contribution < 1.29 is 27.4 Å². The van der Waals surface area contributed by atoms with Crippen LogP contribution < -0.4 is 23.8 Å². The largest absolute Gasteiger partial charge is 0.497 e. The van der Waals surface area contributed by atoms with Crippen molar-refractivity contribution in [2.24, 2.45) is 0 Å². The average molecular weight is 567 g/mol. The van der Waals surface area contributed by atoms with E-state index < -0.39 is 16.1 Å². The first-order chi connectivity index (χ1) is 18.9. The van der Waals surface area contributed by atoms with Crippen LogP contribution in [0.15, 0.2) is 65.6 Å². The number of methoxy groups -OCH3 is 2. The Hall–Kier alpha value is -3.72. The van der Waals surface area contributed by atoms with Crippen LogP contribution in [0.2, 0.25) is 0 Å². The van der Waals surface area contributed by atoms with Crippen molar-refractivity contribution in [3.8, 4) is 17.2 Å². The Balaban J connectivity index is 1.69. The fourth-order valence-electron chi connectivity index (χ4n) is 4.76. The van der Waals surface area contributed by atoms with E-state index in [-0.39, 0.29) is 28.8 Å². The molecule has 1 aliphatic rings. The molecule has 1 aliphatic heterocycles. The molecule has 40 heavy (non-hydrogen) atoms. The van der Waals surface area contributed by atoms with Crippen molar-refractivity contribution in [2.75, 3.05) is 25.1 Å². The number of fused-ring (bicyclic) bond motifs is 1. The van der Waals surface area contributed by atoms with Gasteiger partial charge in [0, 0.05) is 0 Å². The average Bonchev–Trinajstić information content (AvgIpc) is 2.94. The molecule has 0 aromatic heterocycles. The summed E-state index contributed by atoms with van der Waals surface area (Å²) in [4.78, 5) is 13.7. The minimum Gasteiger partial charge on any atom is -0.497 e. The molecule has 0 spiro atoms. The van der Waals surface area contributed by atoms with Crippen LogP contribution >= 0.6 is 0 Å². The van der Waals surface area contributed by atoms with Crippen LogP contribution in [-0.4, -0.2) is 41.2 Å². The van der Waals surface area contributed by atoms with E-state index in [1.54, 1.807) is 25.3 Å². The summed E-state index contributed by atoms with van der Waals surface area (Å²) in [7, 11) is -0.881. The lowest BCUT2D eigenvalue weighted by Crippen LogP contribution is -2.51. The predicted octanol–water partition coefficient (Wildman–Crippen LogP) is 5.53. The smallest absolute Gasteiger partial charge is 0.264 e. The highest BCUT2D eigenvalue weighted by atomic mass is 32.2. The molecule has 0 radical (unpaired) electrons. The standard InChI is InChI=1S/C31H38N2O6S/c1-8-25(21-9-15-27(38-7)20(2)17-21)32-30(34)29-19-33(40(35,36)24-13-11-23(37-6)12-14-24)26-18-22(31(3,4)5)10-16-28(26)39-29/h9-18,25,29H,8,19H2,1-7H3,(H,32,34). The zero-order chi connectivity index (χ0) is 29.2. The maximum absolute atomic E-state index is 14.0. The quantitative estimate of drug-likeness (QED) is 0.385. The summed E-state index contributed by atoms with van der Waals surface area (Å²) in [5, 5.41) is 3.07. The topological polar surface area (TPSA) is 94.2 Å². The second-order valence-corrected chi connectivity index (χ2v) is 12.8. The Kier molecular flexibility index (Phi) is 8.35. The number of hydrogen-bond donors (Lipinski definition) is 1. The minimum absolute atomic E-state index is 0.0987. The first kappa shape index (κ1) is 29.3. The Bertz CT molecular complexity index is 1480. The van der Waals surface area contributed by atoms with E-state index in [4.69, 9.17) is 14.2 Å². The van der Waals surface area contributed by atoms with Crippen molar-refractivity contribution in [3.63, 3.8) is 0 Å². The molecule has 3 aromatic carbocycles. The van der Waals surface area contributed by atoms with E-state index in [0.29, 0.717) is 23.6 Å². The van der Waals surface area contributed by atoms with E-state index in [0.717, 1.165) is 22.4 Å². The highest BCUT2D eigenvalue weighted by Crippen LogP contribution is 2.40. The maximum atomic E-state index is 14.0. The molecule has 1 heterocycles. The number of carbonyl (C=O) groups excluding carboxylic acids is 1. The summed E-state index contributed by atoms with van der Waals surface area (Å²) in [5.41, 5.74) is 3.03. The number of carbonyl (C=O) groups is 1. The Labute approximate surface area is 237 Å². The second kappa shape index (κ2) is 11.4. The molecular weight excluding hydrogens is 528 g/mol. The molecule has 3 aromatic rings. The molecule has 0 bridgehead atoms. The maximum Gasteiger partial charge on any atom is 0.264 e. The number of aryl methyl sites for hydroxylation is 1. The number of rotatable bonds is 8. The normalized spacial score (nSPS) is 16.0. The van der Waals surface area contributed by atoms with Gasteiger partial charge in [-0.2, -0.15) is 0 Å². The highest BCUT2D eigenvalue weighted by Gasteiger charge is 2.39. The van der Waals surface area contributed by atoms with Gasteiger partial charge in [-0.1, -0.05) is 45.9 Å². The molecular formula is C31H38N2O6S. The van der Waals surface area contributed by atoms with Crippen LogP contribution in [0.1, 0.15) is 56.8 Å². The molecule has 1 N–H and O–H groups in total. The van der Waals surface area contributed by atoms with E-state index in [9.17, 15) is 13.2 Å². The van der Waals surface area contributed by atoms with Gasteiger partial charge in [0.05, 0.1) is 37.4 Å². The van der Waals surface area contributed by atoms with Crippen LogP contribution in [0, 0.1) is 6.92 Å². The van der Waals surface area contributed by atoms with Gasteiger partial charge in [0.25, 0.3) is 15.9 Å². The number of nitrogens with zero attached hydrogens (tertiary/aromatic N) is 1. The molecule has 4 rings (SSSR count). The molecule has 0 saturated heterocycles. The number of sulfonamides is 1. The van der Waals surface area contributed by atoms with Crippen molar-refractivity contribution >= 4 is 21.6 Å². The minimum atomic E-state index is -4.02. The molecule has 214 valence electrons. The van der Waals surface area contributed by atoms with Crippen LogP contribution in [0.3, 0.4) is 0 Å². The fraction of sp³-hybridized carbons (Fsp3) is 0.387. The van der Waals surface area contributed by atoms with Crippen LogP contribution in [0.25, 0.3) is 0 Å². The van der Waals surface area contributed by atoms with Gasteiger partial charge in [-0.05, 0) is 77.9 Å². The van der Waals surface area contributed by atoms with Crippen LogP contribution in [0.4, 0.5) is 5.69 Å². The molecule has 0 saturated carbocycles. The predicted molar refractivity (Wildman–Crippen MR) is 156 cm³/mol. The van der Waals surface area contributed by atoms with Gasteiger partial charge < -0.3 is 19.5 Å². The molecule has 8 nitrogen and oxygen atoms in total. The Morgan fingerprint density at radius 1 is 1.05 bits per heavy atom. The summed E-state index contributed by atoms with van der Waals surface area (Å²) < 4.78 is 45.9. The van der Waals surface area contributed by atoms with E-state index in [1.165, 1.54) is 23.5 Å². The zero-order valence-electron chi connectivity index (χ0n) is 24.1. The molecule has 9 heteroatoms. The monoisotopic (exact) mass is 566 g/mol. The third kappa shape index (κ3) is 5.89. The van der Waals surface area contributed by atoms with Crippen LogP contribution in [0.5, 0.6) is 17.2 Å². The van der Waals surface area contributed by atoms with E-state index >= 15 is 0 Å². The second-order valence-electron chi connectivity index (χ2n) is 10.9. The molecule has 2 unspecified atom stereocenters. The van der Waals surface area contributed by atoms with Gasteiger partial charge in [0.2, 0.25) is 0 Å². The van der Waals surface area contributed by atoms with Crippen LogP contribution in [-0.2, 0) is 20.2 Å². The zero-order valence-corrected chi connectivity index (χ0v) is 25.0. The first-order valence-corrected chi connectivity index (χ1v) is 14.8. The number of benzene rings is 3. The summed E-state index contributed by atoms with van der Waals surface area (Å²) in [6.45, 7) is 9.94. The lowest BCUT2D eigenvalue weighted by atomic mass is 9.86. The lowest BCUT2D eigenvalue weighted by Gasteiger charge is -2.36. The Morgan fingerprint density at radius 3 is 2.33 bits per heavy atom. The highest BCUT2D eigenvalue weighted by molar-refractivity contribution is 7.92. The van der Waals surface area contributed by atoms with Gasteiger partial charge in [-0.15, -0.1) is 0 Å². The van der Waals surface area contributed by atoms with Crippen molar-refractivity contribution in [3.05, 3.63) is 77.4 Å². The summed E-state index contributed by atoms with van der Waals surface area (Å²) in [6.07, 6.45) is -0.404. The summed E-state index contributed by atoms with van der Waals surface area (Å²) in [6, 6.07) is 17.2. The van der Waals surface area contributed by atoms with Gasteiger partial charge >= 0.3 is 0 Å².